The molecule has 0 aromatic heterocycles. The zero-order valence-electron chi connectivity index (χ0n) is 10.7. The van der Waals surface area contributed by atoms with E-state index in [0.29, 0.717) is 0 Å². The van der Waals surface area contributed by atoms with Gasteiger partial charge in [-0.2, -0.15) is 0 Å². The monoisotopic (exact) mass is 361 g/mol. The average Bonchev–Trinajstić information content (AvgIpc) is 2.37. The van der Waals surface area contributed by atoms with Crippen molar-refractivity contribution in [1.29, 1.82) is 0 Å². The number of carboxylic acids is 1. The number of aliphatic hydroxyl groups is 1. The van der Waals surface area contributed by atoms with Gasteiger partial charge in [-0.1, -0.05) is 0 Å². The van der Waals surface area contributed by atoms with E-state index < -0.39 is 29.1 Å². The minimum Gasteiger partial charge on any atom is -0.480 e. The van der Waals surface area contributed by atoms with Gasteiger partial charge in [-0.3, -0.25) is 10.1 Å². The maximum Gasteiger partial charge on any atom is 0.328 e. The molecule has 0 fully saturated rings. The Bertz CT molecular complexity index is 577. The van der Waals surface area contributed by atoms with Crippen LogP contribution in [-0.2, 0) is 4.79 Å². The van der Waals surface area contributed by atoms with Gasteiger partial charge < -0.3 is 20.8 Å². The number of carboxylic acid groups (broad SMARTS) is 1. The summed E-state index contributed by atoms with van der Waals surface area (Å²) in [7, 11) is 0. The minimum absolute atomic E-state index is 0.108. The molecule has 0 saturated heterocycles. The van der Waals surface area contributed by atoms with Gasteiger partial charge in [0, 0.05) is 11.8 Å². The normalized spacial score (nSPS) is 13.1. The van der Waals surface area contributed by atoms with Gasteiger partial charge in [0.15, 0.2) is 6.04 Å². The van der Waals surface area contributed by atoms with Crippen LogP contribution in [0.3, 0.4) is 0 Å². The fourth-order valence-corrected chi connectivity index (χ4v) is 1.82. The van der Waals surface area contributed by atoms with Crippen molar-refractivity contribution in [3.63, 3.8) is 0 Å². The highest BCUT2D eigenvalue weighted by molar-refractivity contribution is 9.10. The number of carbonyl (C=O) groups excluding carboxylic acids is 1. The number of anilines is 1. The Morgan fingerprint density at radius 1 is 1.43 bits per heavy atom. The molecule has 0 saturated carbocycles. The third-order valence-corrected chi connectivity index (χ3v) is 3.11. The summed E-state index contributed by atoms with van der Waals surface area (Å²) in [6.07, 6.45) is -1.30. The number of hydrogen-bond acceptors (Lipinski definition) is 5. The van der Waals surface area contributed by atoms with Crippen molar-refractivity contribution in [2.24, 2.45) is 0 Å². The number of nitro groups is 1. The summed E-state index contributed by atoms with van der Waals surface area (Å²) in [4.78, 5) is 32.6. The van der Waals surface area contributed by atoms with E-state index in [0.717, 1.165) is 6.07 Å². The Labute approximate surface area is 127 Å². The number of aliphatic carboxylic acids is 1. The van der Waals surface area contributed by atoms with Crippen LogP contribution >= 0.6 is 15.9 Å². The number of nitrogens with zero attached hydrogens (tertiary/aromatic N) is 1. The maximum atomic E-state index is 11.6. The lowest BCUT2D eigenvalue weighted by Gasteiger charge is -2.17. The van der Waals surface area contributed by atoms with Crippen LogP contribution in [0.4, 0.5) is 16.2 Å². The molecule has 2 atom stereocenters. The van der Waals surface area contributed by atoms with Crippen LogP contribution in [0.2, 0.25) is 0 Å². The number of aliphatic hydroxyl groups excluding tert-OH is 1. The van der Waals surface area contributed by atoms with Crippen molar-refractivity contribution < 1.29 is 24.7 Å². The van der Waals surface area contributed by atoms with Gasteiger partial charge in [-0.15, -0.1) is 0 Å². The van der Waals surface area contributed by atoms with Crippen LogP contribution in [0.15, 0.2) is 22.7 Å². The molecule has 10 heteroatoms. The predicted octanol–water partition coefficient (Wildman–Crippen LogP) is 1.31. The first-order chi connectivity index (χ1) is 9.72. The lowest BCUT2D eigenvalue weighted by Crippen LogP contribution is -2.49. The quantitative estimate of drug-likeness (QED) is 0.460. The molecule has 4 N–H and O–H groups in total. The summed E-state index contributed by atoms with van der Waals surface area (Å²) < 4.78 is 0.242. The second kappa shape index (κ2) is 6.99. The summed E-state index contributed by atoms with van der Waals surface area (Å²) in [5, 5.41) is 33.1. The van der Waals surface area contributed by atoms with Crippen molar-refractivity contribution in [3.8, 4) is 0 Å². The van der Waals surface area contributed by atoms with E-state index in [-0.39, 0.29) is 15.8 Å². The van der Waals surface area contributed by atoms with Crippen LogP contribution in [-0.4, -0.2) is 39.3 Å². The zero-order chi connectivity index (χ0) is 16.2. The van der Waals surface area contributed by atoms with Crippen molar-refractivity contribution in [3.05, 3.63) is 32.8 Å². The molecular weight excluding hydrogens is 350 g/mol. The maximum absolute atomic E-state index is 11.6. The van der Waals surface area contributed by atoms with Crippen LogP contribution in [0.25, 0.3) is 0 Å². The van der Waals surface area contributed by atoms with Gasteiger partial charge in [0.2, 0.25) is 0 Å². The van der Waals surface area contributed by atoms with Gasteiger partial charge in [0.25, 0.3) is 5.69 Å². The molecule has 0 aliphatic rings. The number of urea groups is 1. The molecule has 0 spiro atoms. The number of rotatable bonds is 5. The second-order valence-corrected chi connectivity index (χ2v) is 4.93. The van der Waals surface area contributed by atoms with Crippen LogP contribution in [0, 0.1) is 10.1 Å². The van der Waals surface area contributed by atoms with Gasteiger partial charge in [0.05, 0.1) is 15.5 Å². The Morgan fingerprint density at radius 3 is 2.52 bits per heavy atom. The summed E-state index contributed by atoms with van der Waals surface area (Å²) in [6, 6.07) is 1.49. The molecule has 0 aliphatic carbocycles. The largest absolute Gasteiger partial charge is 0.480 e. The fourth-order valence-electron chi connectivity index (χ4n) is 1.43. The van der Waals surface area contributed by atoms with Crippen LogP contribution < -0.4 is 10.6 Å². The highest BCUT2D eigenvalue weighted by Gasteiger charge is 2.25. The highest BCUT2D eigenvalue weighted by atomic mass is 79.9. The number of nitro benzene ring substituents is 1. The molecule has 1 aromatic carbocycles. The van der Waals surface area contributed by atoms with Crippen LogP contribution in [0.5, 0.6) is 0 Å². The summed E-state index contributed by atoms with van der Waals surface area (Å²) in [6.45, 7) is 1.21. The molecule has 2 unspecified atom stereocenters. The first-order valence-corrected chi connectivity index (χ1v) is 6.44. The van der Waals surface area contributed by atoms with E-state index >= 15 is 0 Å². The Kier molecular flexibility index (Phi) is 5.61. The van der Waals surface area contributed by atoms with Crippen molar-refractivity contribution in [2.75, 3.05) is 5.32 Å². The Morgan fingerprint density at radius 2 is 2.05 bits per heavy atom. The first-order valence-electron chi connectivity index (χ1n) is 5.64. The van der Waals surface area contributed by atoms with E-state index in [2.05, 4.69) is 21.2 Å². The van der Waals surface area contributed by atoms with Gasteiger partial charge >= 0.3 is 12.0 Å². The average molecular weight is 362 g/mol. The molecule has 0 aliphatic heterocycles. The first kappa shape index (κ1) is 16.9. The predicted molar refractivity (Wildman–Crippen MR) is 76.1 cm³/mol. The number of benzene rings is 1. The molecule has 2 amide bonds. The third-order valence-electron chi connectivity index (χ3n) is 2.44. The molecule has 21 heavy (non-hydrogen) atoms. The van der Waals surface area contributed by atoms with Crippen molar-refractivity contribution >= 4 is 39.3 Å². The van der Waals surface area contributed by atoms with E-state index in [1.54, 1.807) is 0 Å². The summed E-state index contributed by atoms with van der Waals surface area (Å²) in [5.74, 6) is -1.40. The molecule has 1 rings (SSSR count). The summed E-state index contributed by atoms with van der Waals surface area (Å²) >= 11 is 2.99. The molecule has 114 valence electrons. The summed E-state index contributed by atoms with van der Waals surface area (Å²) in [5.41, 5.74) is -0.143. The lowest BCUT2D eigenvalue weighted by atomic mass is 10.2. The number of nitrogens with one attached hydrogen (secondary N) is 2. The van der Waals surface area contributed by atoms with E-state index in [9.17, 15) is 24.8 Å². The second-order valence-electron chi connectivity index (χ2n) is 4.08. The molecule has 1 aromatic rings. The molecule has 0 radical (unpaired) electrons. The van der Waals surface area contributed by atoms with Gasteiger partial charge in [-0.25, -0.2) is 9.59 Å². The third kappa shape index (κ3) is 4.68. The fraction of sp³-hybridized carbons (Fsp3) is 0.273. The smallest absolute Gasteiger partial charge is 0.328 e. The highest BCUT2D eigenvalue weighted by Crippen LogP contribution is 2.27. The Hall–Kier alpha value is -2.20. The van der Waals surface area contributed by atoms with E-state index in [4.69, 9.17) is 5.11 Å². The SMILES string of the molecule is CC(O)C(NC(=O)Nc1ccc(Br)c([N+](=O)[O-])c1)C(=O)O. The number of amides is 2. The molecule has 0 heterocycles. The molecule has 9 nitrogen and oxygen atoms in total. The van der Waals surface area contributed by atoms with Crippen molar-refractivity contribution in [2.45, 2.75) is 19.1 Å². The zero-order valence-corrected chi connectivity index (χ0v) is 12.3. The number of hydrogen-bond donors (Lipinski definition) is 4. The van der Waals surface area contributed by atoms with E-state index in [1.807, 2.05) is 5.32 Å². The molecular formula is C11H12BrN3O6. The lowest BCUT2D eigenvalue weighted by molar-refractivity contribution is -0.385. The van der Waals surface area contributed by atoms with Gasteiger partial charge in [-0.05, 0) is 35.0 Å². The minimum atomic E-state index is -1.49. The standard InChI is InChI=1S/C11H12BrN3O6/c1-5(16)9(10(17)18)14-11(19)13-6-2-3-7(12)8(4-6)15(20)21/h2-5,9,16H,1H3,(H,17,18)(H2,13,14,19). The molecule has 0 bridgehead atoms. The van der Waals surface area contributed by atoms with Crippen molar-refractivity contribution in [1.82, 2.24) is 5.32 Å². The topological polar surface area (TPSA) is 142 Å². The number of halogens is 1. The van der Waals surface area contributed by atoms with Gasteiger partial charge in [0.1, 0.15) is 0 Å². The van der Waals surface area contributed by atoms with E-state index in [1.165, 1.54) is 19.1 Å². The Balaban J connectivity index is 2.82. The van der Waals surface area contributed by atoms with Crippen LogP contribution in [0.1, 0.15) is 6.92 Å². The number of carbonyl (C=O) groups is 2.